The molecule has 1 aromatic carbocycles. The highest BCUT2D eigenvalue weighted by atomic mass is 19.4. The number of hydrogen-bond acceptors (Lipinski definition) is 5. The molecule has 1 heterocycles. The van der Waals surface area contributed by atoms with Gasteiger partial charge in [0, 0.05) is 18.4 Å². The van der Waals surface area contributed by atoms with Gasteiger partial charge in [-0.05, 0) is 30.5 Å². The molecule has 0 saturated heterocycles. The molecule has 0 bridgehead atoms. The second kappa shape index (κ2) is 9.32. The van der Waals surface area contributed by atoms with Crippen LogP contribution in [0.3, 0.4) is 0 Å². The summed E-state index contributed by atoms with van der Waals surface area (Å²) in [5, 5.41) is 2.78. The van der Waals surface area contributed by atoms with Crippen molar-refractivity contribution in [2.45, 2.75) is 44.3 Å². The molecule has 0 aliphatic heterocycles. The van der Waals surface area contributed by atoms with Crippen molar-refractivity contribution in [1.29, 1.82) is 0 Å². The zero-order chi connectivity index (χ0) is 21.7. The van der Waals surface area contributed by atoms with Gasteiger partial charge in [0.15, 0.2) is 0 Å². The molecule has 1 aliphatic rings. The maximum Gasteiger partial charge on any atom is 0.416 e. The summed E-state index contributed by atoms with van der Waals surface area (Å²) in [6.45, 7) is 0.0221. The lowest BCUT2D eigenvalue weighted by Gasteiger charge is -2.29. The summed E-state index contributed by atoms with van der Waals surface area (Å²) in [4.78, 5) is 21.7. The number of nitrogens with one attached hydrogen (secondary N) is 1. The summed E-state index contributed by atoms with van der Waals surface area (Å²) >= 11 is 0. The van der Waals surface area contributed by atoms with Gasteiger partial charge in [-0.2, -0.15) is 23.1 Å². The van der Waals surface area contributed by atoms with Crippen molar-refractivity contribution in [3.63, 3.8) is 0 Å². The predicted octanol–water partition coefficient (Wildman–Crippen LogP) is 4.10. The molecule has 3 rings (SSSR count). The number of methoxy groups -OCH3 is 2. The quantitative estimate of drug-likeness (QED) is 0.757. The first-order valence-electron chi connectivity index (χ1n) is 9.72. The zero-order valence-electron chi connectivity index (χ0n) is 16.8. The van der Waals surface area contributed by atoms with Crippen LogP contribution in [0.1, 0.15) is 48.6 Å². The fourth-order valence-electron chi connectivity index (χ4n) is 3.73. The van der Waals surface area contributed by atoms with Gasteiger partial charge in [-0.25, -0.2) is 0 Å². The largest absolute Gasteiger partial charge is 0.481 e. The van der Waals surface area contributed by atoms with Crippen LogP contribution in [0.4, 0.5) is 13.2 Å². The molecule has 1 amide bonds. The van der Waals surface area contributed by atoms with Gasteiger partial charge in [-0.3, -0.25) is 4.79 Å². The normalized spacial score (nSPS) is 19.2. The highest BCUT2D eigenvalue weighted by Gasteiger charge is 2.35. The topological polar surface area (TPSA) is 73.3 Å². The van der Waals surface area contributed by atoms with Crippen molar-refractivity contribution in [3.05, 3.63) is 47.3 Å². The minimum Gasteiger partial charge on any atom is -0.481 e. The van der Waals surface area contributed by atoms with Gasteiger partial charge in [0.25, 0.3) is 0 Å². The molecule has 2 atom stereocenters. The number of carbonyl (C=O) groups is 1. The Bertz CT molecular complexity index is 867. The Balaban J connectivity index is 1.74. The van der Waals surface area contributed by atoms with Crippen molar-refractivity contribution in [2.75, 3.05) is 14.2 Å². The van der Waals surface area contributed by atoms with E-state index in [1.807, 2.05) is 0 Å². The van der Waals surface area contributed by atoms with E-state index >= 15 is 0 Å². The van der Waals surface area contributed by atoms with E-state index in [1.165, 1.54) is 20.3 Å². The molecule has 1 saturated carbocycles. The van der Waals surface area contributed by atoms with Gasteiger partial charge in [-0.15, -0.1) is 0 Å². The van der Waals surface area contributed by atoms with Crippen LogP contribution in [0.2, 0.25) is 0 Å². The lowest BCUT2D eigenvalue weighted by atomic mass is 9.78. The lowest BCUT2D eigenvalue weighted by Crippen LogP contribution is -2.36. The van der Waals surface area contributed by atoms with E-state index in [9.17, 15) is 18.0 Å². The van der Waals surface area contributed by atoms with Gasteiger partial charge < -0.3 is 14.8 Å². The molecule has 2 unspecified atom stereocenters. The number of aromatic nitrogens is 2. The number of nitrogens with zero attached hydrogens (tertiary/aromatic N) is 2. The summed E-state index contributed by atoms with van der Waals surface area (Å²) in [7, 11) is 2.98. The maximum absolute atomic E-state index is 12.9. The number of rotatable bonds is 6. The second-order valence-electron chi connectivity index (χ2n) is 7.22. The van der Waals surface area contributed by atoms with Gasteiger partial charge in [0.1, 0.15) is 5.82 Å². The average molecular weight is 423 g/mol. The Morgan fingerprint density at radius 2 is 1.77 bits per heavy atom. The summed E-state index contributed by atoms with van der Waals surface area (Å²) in [5.41, 5.74) is -0.341. The standard InChI is InChI=1S/C21H24F3N3O3/c1-29-17-11-18(30-2)27-19(26-17)15-8-3-4-9-16(15)20(28)25-12-13-6-5-7-14(10-13)21(22,23)24/h5-7,10-11,15-16H,3-4,8-9,12H2,1-2H3,(H,25,28). The van der Waals surface area contributed by atoms with E-state index in [4.69, 9.17) is 9.47 Å². The fraction of sp³-hybridized carbons (Fsp3) is 0.476. The molecule has 0 radical (unpaired) electrons. The average Bonchev–Trinajstić information content (AvgIpc) is 2.76. The summed E-state index contributed by atoms with van der Waals surface area (Å²) < 4.78 is 49.1. The van der Waals surface area contributed by atoms with Crippen LogP contribution >= 0.6 is 0 Å². The van der Waals surface area contributed by atoms with Crippen LogP contribution in [-0.4, -0.2) is 30.1 Å². The first-order chi connectivity index (χ1) is 14.3. The number of alkyl halides is 3. The smallest absolute Gasteiger partial charge is 0.416 e. The van der Waals surface area contributed by atoms with Crippen LogP contribution in [0.15, 0.2) is 30.3 Å². The monoisotopic (exact) mass is 423 g/mol. The van der Waals surface area contributed by atoms with Crippen LogP contribution in [0.25, 0.3) is 0 Å². The number of carbonyl (C=O) groups excluding carboxylic acids is 1. The Labute approximate surface area is 172 Å². The zero-order valence-corrected chi connectivity index (χ0v) is 16.8. The molecule has 9 heteroatoms. The van der Waals surface area contributed by atoms with Crippen molar-refractivity contribution in [3.8, 4) is 11.8 Å². The van der Waals surface area contributed by atoms with Crippen LogP contribution < -0.4 is 14.8 Å². The van der Waals surface area contributed by atoms with Crippen molar-refractivity contribution in [2.24, 2.45) is 5.92 Å². The number of amides is 1. The predicted molar refractivity (Wildman–Crippen MR) is 103 cm³/mol. The van der Waals surface area contributed by atoms with E-state index < -0.39 is 11.7 Å². The van der Waals surface area contributed by atoms with Gasteiger partial charge >= 0.3 is 6.18 Å². The van der Waals surface area contributed by atoms with Crippen molar-refractivity contribution < 1.29 is 27.4 Å². The van der Waals surface area contributed by atoms with E-state index in [0.717, 1.165) is 31.4 Å². The molecule has 162 valence electrons. The Morgan fingerprint density at radius 1 is 1.10 bits per heavy atom. The minimum atomic E-state index is -4.42. The van der Waals surface area contributed by atoms with Crippen LogP contribution in [0, 0.1) is 5.92 Å². The Kier molecular flexibility index (Phi) is 6.79. The highest BCUT2D eigenvalue weighted by Crippen LogP contribution is 2.38. The lowest BCUT2D eigenvalue weighted by molar-refractivity contribution is -0.137. The second-order valence-corrected chi connectivity index (χ2v) is 7.22. The van der Waals surface area contributed by atoms with Gasteiger partial charge in [0.2, 0.25) is 17.7 Å². The molecular weight excluding hydrogens is 399 g/mol. The van der Waals surface area contributed by atoms with Crippen molar-refractivity contribution >= 4 is 5.91 Å². The molecule has 30 heavy (non-hydrogen) atoms. The van der Waals surface area contributed by atoms with E-state index in [2.05, 4.69) is 15.3 Å². The molecule has 1 N–H and O–H groups in total. The molecule has 1 aliphatic carbocycles. The van der Waals surface area contributed by atoms with E-state index in [-0.39, 0.29) is 24.3 Å². The third kappa shape index (κ3) is 5.20. The number of ether oxygens (including phenoxy) is 2. The number of benzene rings is 1. The Morgan fingerprint density at radius 3 is 2.40 bits per heavy atom. The molecule has 6 nitrogen and oxygen atoms in total. The Hall–Kier alpha value is -2.84. The molecular formula is C21H24F3N3O3. The first-order valence-corrected chi connectivity index (χ1v) is 9.72. The minimum absolute atomic E-state index is 0.0221. The van der Waals surface area contributed by atoms with Gasteiger partial charge in [0.05, 0.1) is 25.8 Å². The van der Waals surface area contributed by atoms with E-state index in [1.54, 1.807) is 12.1 Å². The molecule has 1 aromatic heterocycles. The van der Waals surface area contributed by atoms with Crippen LogP contribution in [0.5, 0.6) is 11.8 Å². The summed E-state index contributed by atoms with van der Waals surface area (Å²) in [6.07, 6.45) is -1.21. The summed E-state index contributed by atoms with van der Waals surface area (Å²) in [5.74, 6) is 0.370. The SMILES string of the molecule is COc1cc(OC)nc(C2CCCCC2C(=O)NCc2cccc(C(F)(F)F)c2)n1. The third-order valence-electron chi connectivity index (χ3n) is 5.27. The highest BCUT2D eigenvalue weighted by molar-refractivity contribution is 5.79. The number of halogens is 3. The molecule has 2 aromatic rings. The van der Waals surface area contributed by atoms with Gasteiger partial charge in [-0.1, -0.05) is 25.0 Å². The van der Waals surface area contributed by atoms with Crippen molar-refractivity contribution in [1.82, 2.24) is 15.3 Å². The molecule has 0 spiro atoms. The third-order valence-corrected chi connectivity index (χ3v) is 5.27. The maximum atomic E-state index is 12.9. The van der Waals surface area contributed by atoms with E-state index in [0.29, 0.717) is 29.6 Å². The number of hydrogen-bond donors (Lipinski definition) is 1. The fourth-order valence-corrected chi connectivity index (χ4v) is 3.73. The first kappa shape index (κ1) is 21.9. The van der Waals surface area contributed by atoms with Crippen LogP contribution in [-0.2, 0) is 17.5 Å². The molecule has 1 fully saturated rings. The summed E-state index contributed by atoms with van der Waals surface area (Å²) in [6, 6.07) is 6.52.